The third-order valence-corrected chi connectivity index (χ3v) is 7.52. The smallest absolute Gasteiger partial charge is 0.242 e. The molecule has 2 N–H and O–H groups in total. The van der Waals surface area contributed by atoms with Crippen LogP contribution in [0.1, 0.15) is 42.9 Å². The molecule has 2 aliphatic rings. The van der Waals surface area contributed by atoms with Gasteiger partial charge in [0.2, 0.25) is 5.91 Å². The summed E-state index contributed by atoms with van der Waals surface area (Å²) in [4.78, 5) is 13.0. The van der Waals surface area contributed by atoms with Crippen molar-refractivity contribution < 1.29 is 17.9 Å². The lowest BCUT2D eigenvalue weighted by atomic mass is 9.86. The monoisotopic (exact) mass is 366 g/mol. The van der Waals surface area contributed by atoms with E-state index in [0.29, 0.717) is 25.9 Å². The first-order valence-corrected chi connectivity index (χ1v) is 10.6. The van der Waals surface area contributed by atoms with Gasteiger partial charge in [-0.25, -0.2) is 8.42 Å². The lowest BCUT2D eigenvalue weighted by molar-refractivity contribution is -0.125. The number of fused-ring (bicyclic) bond motifs is 1. The number of rotatable bonds is 4. The van der Waals surface area contributed by atoms with Crippen LogP contribution in [0.4, 0.5) is 0 Å². The zero-order chi connectivity index (χ0) is 18.1. The van der Waals surface area contributed by atoms with E-state index in [1.807, 2.05) is 18.2 Å². The van der Waals surface area contributed by atoms with Gasteiger partial charge in [-0.1, -0.05) is 6.07 Å². The number of carbonyl (C=O) groups is 1. The molecule has 1 unspecified atom stereocenters. The fourth-order valence-electron chi connectivity index (χ4n) is 3.95. The van der Waals surface area contributed by atoms with E-state index >= 15 is 0 Å². The van der Waals surface area contributed by atoms with E-state index in [0.717, 1.165) is 36.1 Å². The summed E-state index contributed by atoms with van der Waals surface area (Å²) in [5.74, 6) is 0.446. The predicted molar refractivity (Wildman–Crippen MR) is 96.5 cm³/mol. The van der Waals surface area contributed by atoms with Crippen molar-refractivity contribution in [2.24, 2.45) is 0 Å². The SMILES string of the molecule is COc1ccc2c(c1)CCCC2NC(=O)C1(S(C)(=O)=O)CCNCC1. The minimum Gasteiger partial charge on any atom is -0.497 e. The number of aryl methyl sites for hydroxylation is 1. The van der Waals surface area contributed by atoms with Crippen LogP contribution in [0.5, 0.6) is 5.75 Å². The highest BCUT2D eigenvalue weighted by molar-refractivity contribution is 7.92. The summed E-state index contributed by atoms with van der Waals surface area (Å²) >= 11 is 0. The van der Waals surface area contributed by atoms with Crippen molar-refractivity contribution in [1.82, 2.24) is 10.6 Å². The fraction of sp³-hybridized carbons (Fsp3) is 0.611. The topological polar surface area (TPSA) is 84.5 Å². The third kappa shape index (κ3) is 3.40. The Hall–Kier alpha value is -1.60. The van der Waals surface area contributed by atoms with E-state index in [4.69, 9.17) is 4.74 Å². The third-order valence-electron chi connectivity index (χ3n) is 5.50. The van der Waals surface area contributed by atoms with Crippen molar-refractivity contribution in [3.05, 3.63) is 29.3 Å². The van der Waals surface area contributed by atoms with Crippen LogP contribution in [0, 0.1) is 0 Å². The Labute approximate surface area is 149 Å². The molecule has 1 aromatic rings. The zero-order valence-corrected chi connectivity index (χ0v) is 15.6. The number of sulfone groups is 1. The standard InChI is InChI=1S/C18H26N2O4S/c1-24-14-6-7-15-13(12-14)4-3-5-16(15)20-17(21)18(25(2,22)23)8-10-19-11-9-18/h6-7,12,16,19H,3-5,8-11H2,1-2H3,(H,20,21). The fourth-order valence-corrected chi connectivity index (χ4v) is 5.30. The van der Waals surface area contributed by atoms with Crippen molar-refractivity contribution >= 4 is 15.7 Å². The van der Waals surface area contributed by atoms with E-state index in [1.165, 1.54) is 6.26 Å². The molecule has 1 aliphatic carbocycles. The van der Waals surface area contributed by atoms with Gasteiger partial charge < -0.3 is 15.4 Å². The Bertz CT molecular complexity index is 754. The number of methoxy groups -OCH3 is 1. The highest BCUT2D eigenvalue weighted by Crippen LogP contribution is 2.34. The first kappa shape index (κ1) is 18.2. The number of amides is 1. The Morgan fingerprint density at radius 2 is 2.04 bits per heavy atom. The molecule has 1 fully saturated rings. The lowest BCUT2D eigenvalue weighted by Gasteiger charge is -2.36. The average molecular weight is 366 g/mol. The van der Waals surface area contributed by atoms with Gasteiger partial charge in [0.05, 0.1) is 13.2 Å². The molecule has 6 nitrogen and oxygen atoms in total. The number of ether oxygens (including phenoxy) is 1. The van der Waals surface area contributed by atoms with Gasteiger partial charge in [0.15, 0.2) is 14.6 Å². The number of piperidine rings is 1. The Kier molecular flexibility index (Phi) is 5.06. The van der Waals surface area contributed by atoms with E-state index in [1.54, 1.807) is 7.11 Å². The molecule has 0 radical (unpaired) electrons. The van der Waals surface area contributed by atoms with Gasteiger partial charge in [0, 0.05) is 6.26 Å². The molecule has 0 aromatic heterocycles. The maximum Gasteiger partial charge on any atom is 0.242 e. The van der Waals surface area contributed by atoms with Gasteiger partial charge in [0.1, 0.15) is 5.75 Å². The summed E-state index contributed by atoms with van der Waals surface area (Å²) in [6, 6.07) is 5.73. The van der Waals surface area contributed by atoms with Crippen LogP contribution in [-0.4, -0.2) is 45.5 Å². The summed E-state index contributed by atoms with van der Waals surface area (Å²) in [6.45, 7) is 1.08. The molecule has 1 amide bonds. The normalized spacial score (nSPS) is 22.7. The minimum absolute atomic E-state index is 0.143. The van der Waals surface area contributed by atoms with E-state index in [2.05, 4.69) is 10.6 Å². The van der Waals surface area contributed by atoms with Crippen molar-refractivity contribution in [1.29, 1.82) is 0 Å². The van der Waals surface area contributed by atoms with Gasteiger partial charge in [-0.15, -0.1) is 0 Å². The average Bonchev–Trinajstić information content (AvgIpc) is 2.61. The number of benzene rings is 1. The number of nitrogens with one attached hydrogen (secondary N) is 2. The van der Waals surface area contributed by atoms with Crippen molar-refractivity contribution in [2.75, 3.05) is 26.5 Å². The molecule has 1 aromatic carbocycles. The van der Waals surface area contributed by atoms with Gasteiger partial charge in [-0.05, 0) is 68.5 Å². The van der Waals surface area contributed by atoms with E-state index in [-0.39, 0.29) is 11.9 Å². The molecular formula is C18H26N2O4S. The summed E-state index contributed by atoms with van der Waals surface area (Å²) in [5.41, 5.74) is 2.23. The molecular weight excluding hydrogens is 340 g/mol. The van der Waals surface area contributed by atoms with Crippen LogP contribution in [0.2, 0.25) is 0 Å². The molecule has 7 heteroatoms. The Morgan fingerprint density at radius 3 is 2.68 bits per heavy atom. The van der Waals surface area contributed by atoms with Crippen LogP contribution in [0.25, 0.3) is 0 Å². The second-order valence-electron chi connectivity index (χ2n) is 7.00. The van der Waals surface area contributed by atoms with Crippen molar-refractivity contribution in [3.8, 4) is 5.75 Å². The molecule has 0 spiro atoms. The van der Waals surface area contributed by atoms with Crippen LogP contribution >= 0.6 is 0 Å². The van der Waals surface area contributed by atoms with Gasteiger partial charge in [-0.3, -0.25) is 4.79 Å². The second-order valence-corrected chi connectivity index (χ2v) is 9.33. The molecule has 1 heterocycles. The van der Waals surface area contributed by atoms with E-state index < -0.39 is 14.6 Å². The van der Waals surface area contributed by atoms with Crippen LogP contribution in [0.3, 0.4) is 0 Å². The molecule has 3 rings (SSSR count). The maximum atomic E-state index is 13.0. The molecule has 25 heavy (non-hydrogen) atoms. The molecule has 1 saturated heterocycles. The van der Waals surface area contributed by atoms with Gasteiger partial charge in [0.25, 0.3) is 0 Å². The number of hydrogen-bond donors (Lipinski definition) is 2. The van der Waals surface area contributed by atoms with Crippen molar-refractivity contribution in [3.63, 3.8) is 0 Å². The van der Waals surface area contributed by atoms with Gasteiger partial charge in [-0.2, -0.15) is 0 Å². The lowest BCUT2D eigenvalue weighted by Crippen LogP contribution is -2.57. The quantitative estimate of drug-likeness (QED) is 0.840. The highest BCUT2D eigenvalue weighted by Gasteiger charge is 2.49. The molecule has 1 aliphatic heterocycles. The first-order valence-electron chi connectivity index (χ1n) is 8.75. The summed E-state index contributed by atoms with van der Waals surface area (Å²) in [7, 11) is -1.86. The second kappa shape index (κ2) is 6.96. The molecule has 1 atom stereocenters. The predicted octanol–water partition coefficient (Wildman–Crippen LogP) is 1.36. The van der Waals surface area contributed by atoms with Crippen LogP contribution in [0.15, 0.2) is 18.2 Å². The van der Waals surface area contributed by atoms with Crippen LogP contribution in [-0.2, 0) is 21.1 Å². The summed E-state index contributed by atoms with van der Waals surface area (Å²) in [5, 5.41) is 6.18. The first-order chi connectivity index (χ1) is 11.9. The maximum absolute atomic E-state index is 13.0. The highest BCUT2D eigenvalue weighted by atomic mass is 32.2. The minimum atomic E-state index is -3.50. The Balaban J connectivity index is 1.86. The summed E-state index contributed by atoms with van der Waals surface area (Å²) < 4.78 is 28.8. The van der Waals surface area contributed by atoms with Gasteiger partial charge >= 0.3 is 0 Å². The summed E-state index contributed by atoms with van der Waals surface area (Å²) in [6.07, 6.45) is 4.54. The van der Waals surface area contributed by atoms with Crippen LogP contribution < -0.4 is 15.4 Å². The molecule has 0 bridgehead atoms. The number of hydrogen-bond acceptors (Lipinski definition) is 5. The molecule has 138 valence electrons. The molecule has 0 saturated carbocycles. The largest absolute Gasteiger partial charge is 0.497 e. The number of carbonyl (C=O) groups excluding carboxylic acids is 1. The van der Waals surface area contributed by atoms with E-state index in [9.17, 15) is 13.2 Å². The Morgan fingerprint density at radius 1 is 1.32 bits per heavy atom. The zero-order valence-electron chi connectivity index (χ0n) is 14.8. The van der Waals surface area contributed by atoms with Crippen molar-refractivity contribution in [2.45, 2.75) is 42.9 Å².